The maximum Gasteiger partial charge on any atom is 0.0662 e. The summed E-state index contributed by atoms with van der Waals surface area (Å²) in [6, 6.07) is 4.18. The second kappa shape index (κ2) is 3.97. The Kier molecular flexibility index (Phi) is 2.33. The average molecular weight is 210 g/mol. The van der Waals surface area contributed by atoms with Gasteiger partial charge in [-0.2, -0.15) is 0 Å². The molecule has 1 aliphatic carbocycles. The number of nitrogens with one attached hydrogen (secondary N) is 1. The van der Waals surface area contributed by atoms with Crippen LogP contribution in [0.15, 0.2) is 52.8 Å². The Labute approximate surface area is 95.1 Å². The molecule has 0 bridgehead atoms. The summed E-state index contributed by atoms with van der Waals surface area (Å²) in [5, 5.41) is 0. The number of allylic oxidation sites excluding steroid dienone is 5. The maximum absolute atomic E-state index is 4.36. The Morgan fingerprint density at radius 3 is 3.00 bits per heavy atom. The first-order valence-corrected chi connectivity index (χ1v) is 5.72. The molecule has 16 heavy (non-hydrogen) atoms. The molecule has 1 aromatic rings. The van der Waals surface area contributed by atoms with Crippen LogP contribution in [0.4, 0.5) is 0 Å². The van der Waals surface area contributed by atoms with E-state index in [-0.39, 0.29) is 0 Å². The van der Waals surface area contributed by atoms with Crippen molar-refractivity contribution in [1.82, 2.24) is 4.98 Å². The van der Waals surface area contributed by atoms with Gasteiger partial charge in [0.2, 0.25) is 0 Å². The van der Waals surface area contributed by atoms with Gasteiger partial charge < -0.3 is 4.98 Å². The van der Waals surface area contributed by atoms with Crippen molar-refractivity contribution in [3.8, 4) is 0 Å². The van der Waals surface area contributed by atoms with Gasteiger partial charge in [0, 0.05) is 18.1 Å². The summed E-state index contributed by atoms with van der Waals surface area (Å²) in [4.78, 5) is 7.63. The van der Waals surface area contributed by atoms with Crippen molar-refractivity contribution in [2.75, 3.05) is 0 Å². The monoisotopic (exact) mass is 210 g/mol. The van der Waals surface area contributed by atoms with E-state index in [4.69, 9.17) is 0 Å². The van der Waals surface area contributed by atoms with E-state index < -0.39 is 0 Å². The third-order valence-electron chi connectivity index (χ3n) is 3.07. The standard InChI is InChI=1S/C14H14N2/c1-4-11(13-6-2-8-15-13)10-12(5-1)14-7-3-9-16-14/h2-3,6-10,15H,1,4-5H2/b14-12-. The lowest BCUT2D eigenvalue weighted by atomic mass is 9.92. The van der Waals surface area contributed by atoms with Crippen LogP contribution in [0.2, 0.25) is 0 Å². The smallest absolute Gasteiger partial charge is 0.0662 e. The van der Waals surface area contributed by atoms with Crippen LogP contribution >= 0.6 is 0 Å². The molecule has 0 radical (unpaired) electrons. The number of aromatic nitrogens is 1. The molecular formula is C14H14N2. The molecule has 2 heteroatoms. The minimum absolute atomic E-state index is 1.13. The van der Waals surface area contributed by atoms with E-state index in [1.807, 2.05) is 24.6 Å². The number of nitrogens with zero attached hydrogens (tertiary/aromatic N) is 1. The van der Waals surface area contributed by atoms with Crippen molar-refractivity contribution in [2.45, 2.75) is 19.3 Å². The molecule has 3 rings (SSSR count). The van der Waals surface area contributed by atoms with Crippen molar-refractivity contribution >= 4 is 11.8 Å². The lowest BCUT2D eigenvalue weighted by molar-refractivity contribution is 0.825. The summed E-state index contributed by atoms with van der Waals surface area (Å²) in [5.41, 5.74) is 5.13. The zero-order valence-corrected chi connectivity index (χ0v) is 9.11. The van der Waals surface area contributed by atoms with Crippen LogP contribution in [-0.2, 0) is 0 Å². The highest BCUT2D eigenvalue weighted by Gasteiger charge is 2.12. The van der Waals surface area contributed by atoms with Gasteiger partial charge in [0.15, 0.2) is 0 Å². The van der Waals surface area contributed by atoms with E-state index in [1.54, 1.807) is 0 Å². The molecule has 0 atom stereocenters. The van der Waals surface area contributed by atoms with Gasteiger partial charge in [0.25, 0.3) is 0 Å². The van der Waals surface area contributed by atoms with Gasteiger partial charge in [0.1, 0.15) is 0 Å². The van der Waals surface area contributed by atoms with Crippen molar-refractivity contribution < 1.29 is 0 Å². The predicted octanol–water partition coefficient (Wildman–Crippen LogP) is 3.48. The fourth-order valence-electron chi connectivity index (χ4n) is 2.26. The van der Waals surface area contributed by atoms with Crippen LogP contribution in [0.25, 0.3) is 5.57 Å². The SMILES string of the molecule is C1=C/C(=C2/C=C(c3ccc[nH]3)CCC2)N=C1. The van der Waals surface area contributed by atoms with Gasteiger partial charge in [-0.25, -0.2) is 0 Å². The fourth-order valence-corrected chi connectivity index (χ4v) is 2.26. The Hall–Kier alpha value is -1.83. The van der Waals surface area contributed by atoms with E-state index in [9.17, 15) is 0 Å². The minimum Gasteiger partial charge on any atom is -0.361 e. The van der Waals surface area contributed by atoms with Gasteiger partial charge in [-0.1, -0.05) is 6.08 Å². The molecule has 2 nitrogen and oxygen atoms in total. The van der Waals surface area contributed by atoms with Crippen LogP contribution < -0.4 is 0 Å². The molecule has 0 saturated heterocycles. The quantitative estimate of drug-likeness (QED) is 0.735. The molecular weight excluding hydrogens is 196 g/mol. The zero-order chi connectivity index (χ0) is 10.8. The molecule has 0 fully saturated rings. The first-order chi connectivity index (χ1) is 7.93. The second-order valence-corrected chi connectivity index (χ2v) is 4.15. The predicted molar refractivity (Wildman–Crippen MR) is 67.3 cm³/mol. The molecule has 0 saturated carbocycles. The fraction of sp³-hybridized carbons (Fsp3) is 0.214. The Morgan fingerprint density at radius 1 is 1.25 bits per heavy atom. The maximum atomic E-state index is 4.36. The zero-order valence-electron chi connectivity index (χ0n) is 9.11. The largest absolute Gasteiger partial charge is 0.361 e. The Balaban J connectivity index is 1.99. The normalized spacial score (nSPS) is 23.9. The molecule has 1 aromatic heterocycles. The molecule has 0 aromatic carbocycles. The Bertz CT molecular complexity index is 485. The summed E-state index contributed by atoms with van der Waals surface area (Å²) < 4.78 is 0. The minimum atomic E-state index is 1.13. The van der Waals surface area contributed by atoms with Crippen molar-refractivity contribution in [2.24, 2.45) is 4.99 Å². The lowest BCUT2D eigenvalue weighted by Crippen LogP contribution is -1.96. The molecule has 1 aliphatic heterocycles. The third kappa shape index (κ3) is 1.67. The van der Waals surface area contributed by atoms with Crippen molar-refractivity contribution in [3.05, 3.63) is 53.5 Å². The Morgan fingerprint density at radius 2 is 2.25 bits per heavy atom. The summed E-state index contributed by atoms with van der Waals surface area (Å²) >= 11 is 0. The summed E-state index contributed by atoms with van der Waals surface area (Å²) in [6.45, 7) is 0. The van der Waals surface area contributed by atoms with E-state index in [1.165, 1.54) is 23.3 Å². The molecule has 0 unspecified atom stereocenters. The van der Waals surface area contributed by atoms with Crippen molar-refractivity contribution in [1.29, 1.82) is 0 Å². The average Bonchev–Trinajstić information content (AvgIpc) is 3.03. The van der Waals surface area contributed by atoms with Crippen molar-refractivity contribution in [3.63, 3.8) is 0 Å². The summed E-state index contributed by atoms with van der Waals surface area (Å²) in [5.74, 6) is 0. The van der Waals surface area contributed by atoms with Gasteiger partial charge in [-0.3, -0.25) is 4.99 Å². The number of aliphatic imine (C=N–C) groups is 1. The summed E-state index contributed by atoms with van der Waals surface area (Å²) in [6.07, 6.45) is 13.7. The first-order valence-electron chi connectivity index (χ1n) is 5.72. The number of hydrogen-bond donors (Lipinski definition) is 1. The van der Waals surface area contributed by atoms with E-state index in [0.717, 1.165) is 18.5 Å². The van der Waals surface area contributed by atoms with Crippen LogP contribution in [0, 0.1) is 0 Å². The van der Waals surface area contributed by atoms with Gasteiger partial charge in [0.05, 0.1) is 5.70 Å². The van der Waals surface area contributed by atoms with Gasteiger partial charge in [-0.05, 0) is 54.7 Å². The number of rotatable bonds is 1. The molecule has 2 heterocycles. The number of H-pyrrole nitrogens is 1. The van der Waals surface area contributed by atoms with Crippen LogP contribution in [-0.4, -0.2) is 11.2 Å². The molecule has 0 amide bonds. The van der Waals surface area contributed by atoms with Crippen LogP contribution in [0.3, 0.4) is 0 Å². The first kappa shape index (κ1) is 9.40. The number of aromatic amines is 1. The highest BCUT2D eigenvalue weighted by Crippen LogP contribution is 2.31. The molecule has 1 N–H and O–H groups in total. The van der Waals surface area contributed by atoms with Gasteiger partial charge in [-0.15, -0.1) is 0 Å². The second-order valence-electron chi connectivity index (χ2n) is 4.15. The molecule has 2 aliphatic rings. The number of hydrogen-bond acceptors (Lipinski definition) is 1. The van der Waals surface area contributed by atoms with Gasteiger partial charge >= 0.3 is 0 Å². The third-order valence-corrected chi connectivity index (χ3v) is 3.07. The summed E-state index contributed by atoms with van der Waals surface area (Å²) in [7, 11) is 0. The lowest BCUT2D eigenvalue weighted by Gasteiger charge is -2.15. The molecule has 0 spiro atoms. The van der Waals surface area contributed by atoms with E-state index >= 15 is 0 Å². The van der Waals surface area contributed by atoms with E-state index in [0.29, 0.717) is 0 Å². The van der Waals surface area contributed by atoms with Crippen LogP contribution in [0.5, 0.6) is 0 Å². The topological polar surface area (TPSA) is 28.1 Å². The van der Waals surface area contributed by atoms with Crippen LogP contribution in [0.1, 0.15) is 25.0 Å². The molecule has 80 valence electrons. The highest BCUT2D eigenvalue weighted by molar-refractivity contribution is 5.78. The van der Waals surface area contributed by atoms with E-state index in [2.05, 4.69) is 28.2 Å². The highest BCUT2D eigenvalue weighted by atomic mass is 14.7.